The molecule has 0 aliphatic heterocycles. The Morgan fingerprint density at radius 3 is 2.75 bits per heavy atom. The predicted molar refractivity (Wildman–Crippen MR) is 79.9 cm³/mol. The maximum absolute atomic E-state index is 13.6. The summed E-state index contributed by atoms with van der Waals surface area (Å²) < 4.78 is 19.9. The van der Waals surface area contributed by atoms with E-state index >= 15 is 0 Å². The molecule has 0 bridgehead atoms. The van der Waals surface area contributed by atoms with Crippen LogP contribution in [-0.2, 0) is 6.61 Å². The first-order chi connectivity index (χ1) is 9.47. The summed E-state index contributed by atoms with van der Waals surface area (Å²) in [5.74, 6) is -0.0981. The molecule has 2 aromatic carbocycles. The van der Waals surface area contributed by atoms with E-state index in [1.54, 1.807) is 18.2 Å². The highest BCUT2D eigenvalue weighted by molar-refractivity contribution is 9.10. The Morgan fingerprint density at radius 2 is 2.05 bits per heavy atom. The maximum atomic E-state index is 13.6. The van der Waals surface area contributed by atoms with Crippen molar-refractivity contribution in [2.45, 2.75) is 13.5 Å². The van der Waals surface area contributed by atoms with Crippen molar-refractivity contribution in [1.29, 1.82) is 0 Å². The van der Waals surface area contributed by atoms with Gasteiger partial charge in [-0.15, -0.1) is 0 Å². The zero-order valence-electron chi connectivity index (χ0n) is 10.6. The molecule has 0 aromatic heterocycles. The van der Waals surface area contributed by atoms with Gasteiger partial charge in [-0.2, -0.15) is 0 Å². The van der Waals surface area contributed by atoms with Crippen LogP contribution in [-0.4, -0.2) is 5.78 Å². The summed E-state index contributed by atoms with van der Waals surface area (Å²) in [6, 6.07) is 9.36. The number of hydrogen-bond donors (Lipinski definition) is 0. The average molecular weight is 358 g/mol. The predicted octanol–water partition coefficient (Wildman–Crippen LogP) is 5.02. The number of ketones is 1. The second-order valence-electron chi connectivity index (χ2n) is 4.22. The molecule has 0 N–H and O–H groups in total. The van der Waals surface area contributed by atoms with Crippen molar-refractivity contribution >= 4 is 33.3 Å². The van der Waals surface area contributed by atoms with Crippen LogP contribution in [0.25, 0.3) is 0 Å². The fourth-order valence-corrected chi connectivity index (χ4v) is 2.25. The monoisotopic (exact) mass is 356 g/mol. The normalized spacial score (nSPS) is 10.4. The summed E-state index contributed by atoms with van der Waals surface area (Å²) in [6.07, 6.45) is 0. The van der Waals surface area contributed by atoms with Crippen molar-refractivity contribution in [2.75, 3.05) is 0 Å². The molecular weight excluding hydrogens is 347 g/mol. The van der Waals surface area contributed by atoms with Crippen LogP contribution in [0.4, 0.5) is 4.39 Å². The van der Waals surface area contributed by atoms with Crippen LogP contribution in [0.1, 0.15) is 22.8 Å². The fourth-order valence-electron chi connectivity index (χ4n) is 1.72. The Kier molecular flexibility index (Phi) is 4.78. The van der Waals surface area contributed by atoms with Gasteiger partial charge in [-0.25, -0.2) is 4.39 Å². The number of hydrogen-bond acceptors (Lipinski definition) is 2. The molecule has 2 nitrogen and oxygen atoms in total. The third-order valence-electron chi connectivity index (χ3n) is 2.71. The minimum atomic E-state index is -0.395. The van der Waals surface area contributed by atoms with Crippen molar-refractivity contribution in [1.82, 2.24) is 0 Å². The number of carbonyl (C=O) groups is 1. The Balaban J connectivity index is 2.24. The van der Waals surface area contributed by atoms with Crippen molar-refractivity contribution in [3.8, 4) is 5.75 Å². The van der Waals surface area contributed by atoms with Gasteiger partial charge in [-0.1, -0.05) is 27.5 Å². The fraction of sp³-hybridized carbons (Fsp3) is 0.133. The molecular formula is C15H11BrClFO2. The van der Waals surface area contributed by atoms with E-state index in [2.05, 4.69) is 15.9 Å². The summed E-state index contributed by atoms with van der Waals surface area (Å²) in [5, 5.41) is 0.436. The molecule has 20 heavy (non-hydrogen) atoms. The van der Waals surface area contributed by atoms with Crippen LogP contribution in [0.3, 0.4) is 0 Å². The topological polar surface area (TPSA) is 26.3 Å². The number of benzene rings is 2. The quantitative estimate of drug-likeness (QED) is 0.718. The number of halogens is 3. The Bertz CT molecular complexity index is 658. The molecule has 2 aromatic rings. The van der Waals surface area contributed by atoms with Gasteiger partial charge in [-0.3, -0.25) is 4.79 Å². The van der Waals surface area contributed by atoms with E-state index in [9.17, 15) is 9.18 Å². The van der Waals surface area contributed by atoms with Gasteiger partial charge in [0.2, 0.25) is 0 Å². The largest absolute Gasteiger partial charge is 0.488 e. The minimum Gasteiger partial charge on any atom is -0.488 e. The molecule has 0 aliphatic rings. The van der Waals surface area contributed by atoms with Crippen molar-refractivity contribution in [3.63, 3.8) is 0 Å². The molecule has 0 unspecified atom stereocenters. The highest BCUT2D eigenvalue weighted by Gasteiger charge is 2.11. The SMILES string of the molecule is CC(=O)c1ccc(Br)cc1OCc1cc(Cl)ccc1F. The highest BCUT2D eigenvalue weighted by Crippen LogP contribution is 2.26. The number of ether oxygens (including phenoxy) is 1. The zero-order chi connectivity index (χ0) is 14.7. The van der Waals surface area contributed by atoms with E-state index < -0.39 is 5.82 Å². The molecule has 0 saturated heterocycles. The highest BCUT2D eigenvalue weighted by atomic mass is 79.9. The number of carbonyl (C=O) groups excluding carboxylic acids is 1. The van der Waals surface area contributed by atoms with Crippen LogP contribution in [0.5, 0.6) is 5.75 Å². The molecule has 0 amide bonds. The molecule has 0 heterocycles. The van der Waals surface area contributed by atoms with Crippen LogP contribution in [0.15, 0.2) is 40.9 Å². The maximum Gasteiger partial charge on any atom is 0.163 e. The first kappa shape index (κ1) is 15.0. The van der Waals surface area contributed by atoms with Crippen LogP contribution < -0.4 is 4.74 Å². The Morgan fingerprint density at radius 1 is 1.30 bits per heavy atom. The molecule has 0 radical (unpaired) electrons. The molecule has 0 aliphatic carbocycles. The average Bonchev–Trinajstić information content (AvgIpc) is 2.39. The lowest BCUT2D eigenvalue weighted by Gasteiger charge is -2.11. The summed E-state index contributed by atoms with van der Waals surface area (Å²) in [7, 11) is 0. The lowest BCUT2D eigenvalue weighted by molar-refractivity contribution is 0.101. The van der Waals surface area contributed by atoms with E-state index in [-0.39, 0.29) is 12.4 Å². The first-order valence-electron chi connectivity index (χ1n) is 5.84. The molecule has 0 fully saturated rings. The summed E-state index contributed by atoms with van der Waals surface area (Å²) >= 11 is 9.13. The second kappa shape index (κ2) is 6.37. The van der Waals surface area contributed by atoms with Gasteiger partial charge in [0.1, 0.15) is 18.2 Å². The van der Waals surface area contributed by atoms with E-state index in [1.165, 1.54) is 25.1 Å². The Labute approximate surface area is 129 Å². The van der Waals surface area contributed by atoms with Crippen molar-refractivity contribution in [3.05, 3.63) is 62.8 Å². The second-order valence-corrected chi connectivity index (χ2v) is 5.57. The molecule has 5 heteroatoms. The molecule has 0 spiro atoms. The lowest BCUT2D eigenvalue weighted by atomic mass is 10.1. The van der Waals surface area contributed by atoms with Gasteiger partial charge in [-0.05, 0) is 43.3 Å². The molecule has 0 atom stereocenters. The van der Waals surface area contributed by atoms with Crippen molar-refractivity contribution < 1.29 is 13.9 Å². The number of rotatable bonds is 4. The van der Waals surface area contributed by atoms with Crippen LogP contribution in [0, 0.1) is 5.82 Å². The van der Waals surface area contributed by atoms with E-state index in [0.717, 1.165) is 4.47 Å². The minimum absolute atomic E-state index is 0.00310. The van der Waals surface area contributed by atoms with Gasteiger partial charge in [0.25, 0.3) is 0 Å². The third kappa shape index (κ3) is 3.58. The lowest BCUT2D eigenvalue weighted by Crippen LogP contribution is -2.03. The first-order valence-corrected chi connectivity index (χ1v) is 7.01. The van der Waals surface area contributed by atoms with Crippen LogP contribution >= 0.6 is 27.5 Å². The summed E-state index contributed by atoms with van der Waals surface area (Å²) in [4.78, 5) is 11.5. The Hall–Kier alpha value is -1.39. The molecule has 0 saturated carbocycles. The van der Waals surface area contributed by atoms with E-state index in [1.807, 2.05) is 0 Å². The van der Waals surface area contributed by atoms with E-state index in [0.29, 0.717) is 21.9 Å². The van der Waals surface area contributed by atoms with Gasteiger partial charge >= 0.3 is 0 Å². The van der Waals surface area contributed by atoms with Crippen LogP contribution in [0.2, 0.25) is 5.02 Å². The van der Waals surface area contributed by atoms with E-state index in [4.69, 9.17) is 16.3 Å². The standard InChI is InChI=1S/C15H11BrClFO2/c1-9(19)13-4-2-11(16)7-15(13)20-8-10-6-12(17)3-5-14(10)18/h2-7H,8H2,1H3. The van der Waals surface area contributed by atoms with Gasteiger partial charge in [0.15, 0.2) is 5.78 Å². The smallest absolute Gasteiger partial charge is 0.163 e. The van der Waals surface area contributed by atoms with Gasteiger partial charge < -0.3 is 4.74 Å². The molecule has 104 valence electrons. The van der Waals surface area contributed by atoms with Crippen molar-refractivity contribution in [2.24, 2.45) is 0 Å². The molecule has 2 rings (SSSR count). The summed E-state index contributed by atoms with van der Waals surface area (Å²) in [6.45, 7) is 1.46. The zero-order valence-corrected chi connectivity index (χ0v) is 13.0. The third-order valence-corrected chi connectivity index (χ3v) is 3.44. The van der Waals surface area contributed by atoms with Gasteiger partial charge in [0.05, 0.1) is 5.56 Å². The van der Waals surface area contributed by atoms with Gasteiger partial charge in [0, 0.05) is 15.1 Å². The summed E-state index contributed by atoms with van der Waals surface area (Å²) in [5.41, 5.74) is 0.794. The number of Topliss-reactive ketones (excluding diaryl/α,β-unsaturated/α-hetero) is 1.